The van der Waals surface area contributed by atoms with Crippen LogP contribution in [0.5, 0.6) is 11.5 Å². The molecule has 11 rings (SSSR count). The number of hydrogen-bond donors (Lipinski definition) is 0. The number of fused-ring (bicyclic) bond motifs is 4. The van der Waals surface area contributed by atoms with Crippen molar-refractivity contribution in [3.63, 3.8) is 0 Å². The van der Waals surface area contributed by atoms with Crippen molar-refractivity contribution in [1.29, 1.82) is 0 Å². The summed E-state index contributed by atoms with van der Waals surface area (Å²) < 4.78 is 8.99. The molecule has 0 fully saturated rings. The van der Waals surface area contributed by atoms with Gasteiger partial charge in [0.15, 0.2) is 0 Å². The fraction of sp³-hybridized carbons (Fsp3) is 0.167. The SMILES string of the molecule is CC(C)(C)c1ccnc(-n2c3[c-]c(Oc4[c-]c(N5[CH-]N(c6cc(-c7ccccc7)cc(C(C)(C)c7ccccc7)c6)c6cc(C(C)(C)C)ccc65)ccc4)ccc3c3cc(-c4ccccc4)ccc32)c1.[CH3-].[Pt+4]. The van der Waals surface area contributed by atoms with Gasteiger partial charge in [-0.3, -0.25) is 0 Å². The normalized spacial score (nSPS) is 12.7. The third-order valence-electron chi connectivity index (χ3n) is 13.9. The van der Waals surface area contributed by atoms with Crippen LogP contribution in [0.2, 0.25) is 0 Å². The van der Waals surface area contributed by atoms with Crippen LogP contribution in [0.15, 0.2) is 194 Å². The van der Waals surface area contributed by atoms with Gasteiger partial charge in [0.1, 0.15) is 5.82 Å². The first-order valence-corrected chi connectivity index (χ1v) is 24.3. The maximum atomic E-state index is 6.77. The van der Waals surface area contributed by atoms with Crippen molar-refractivity contribution in [2.45, 2.75) is 71.6 Å². The van der Waals surface area contributed by atoms with Crippen LogP contribution in [0.1, 0.15) is 77.6 Å². The Balaban J connectivity index is 0.00000320. The first kappa shape index (κ1) is 49.8. The number of benzene rings is 8. The van der Waals surface area contributed by atoms with Gasteiger partial charge in [-0.25, -0.2) is 4.98 Å². The zero-order valence-corrected chi connectivity index (χ0v) is 44.8. The molecule has 360 valence electrons. The van der Waals surface area contributed by atoms with E-state index in [1.807, 2.05) is 24.4 Å². The van der Waals surface area contributed by atoms with Gasteiger partial charge in [-0.15, -0.1) is 48.1 Å². The average Bonchev–Trinajstić information content (AvgIpc) is 3.92. The Kier molecular flexibility index (Phi) is 13.4. The van der Waals surface area contributed by atoms with Crippen LogP contribution in [0, 0.1) is 26.2 Å². The van der Waals surface area contributed by atoms with Crippen LogP contribution in [-0.4, -0.2) is 9.55 Å². The quantitative estimate of drug-likeness (QED) is 0.135. The third kappa shape index (κ3) is 9.39. The van der Waals surface area contributed by atoms with Gasteiger partial charge in [0, 0.05) is 45.7 Å². The first-order chi connectivity index (χ1) is 33.7. The van der Waals surface area contributed by atoms with E-state index in [0.29, 0.717) is 11.5 Å². The van der Waals surface area contributed by atoms with Gasteiger partial charge in [0.05, 0.1) is 0 Å². The van der Waals surface area contributed by atoms with Gasteiger partial charge in [-0.1, -0.05) is 176 Å². The summed E-state index contributed by atoms with van der Waals surface area (Å²) in [5, 5.41) is 2.20. The van der Waals surface area contributed by atoms with E-state index in [9.17, 15) is 0 Å². The van der Waals surface area contributed by atoms with Gasteiger partial charge < -0.3 is 26.5 Å². The second kappa shape index (κ2) is 19.4. The second-order valence-corrected chi connectivity index (χ2v) is 21.1. The predicted octanol–water partition coefficient (Wildman–Crippen LogP) is 17.7. The smallest absolute Gasteiger partial charge is 0.509 e. The van der Waals surface area contributed by atoms with Crippen LogP contribution in [-0.2, 0) is 37.3 Å². The molecule has 0 saturated carbocycles. The van der Waals surface area contributed by atoms with Gasteiger partial charge in [0.25, 0.3) is 0 Å². The summed E-state index contributed by atoms with van der Waals surface area (Å²) in [6.07, 6.45) is 1.91. The summed E-state index contributed by atoms with van der Waals surface area (Å²) in [5.41, 5.74) is 15.3. The molecule has 8 aromatic carbocycles. The molecule has 0 saturated heterocycles. The molecule has 2 aromatic heterocycles. The topological polar surface area (TPSA) is 33.5 Å². The number of pyridine rings is 1. The molecule has 0 N–H and O–H groups in total. The van der Waals surface area contributed by atoms with Crippen molar-refractivity contribution in [3.05, 3.63) is 243 Å². The van der Waals surface area contributed by atoms with Crippen molar-refractivity contribution >= 4 is 44.6 Å². The van der Waals surface area contributed by atoms with Gasteiger partial charge in [-0.05, 0) is 103 Å². The Morgan fingerprint density at radius 2 is 1.12 bits per heavy atom. The summed E-state index contributed by atoms with van der Waals surface area (Å²) in [4.78, 5) is 9.52. The van der Waals surface area contributed by atoms with Crippen LogP contribution in [0.4, 0.5) is 22.7 Å². The zero-order chi connectivity index (χ0) is 48.4. The molecule has 72 heavy (non-hydrogen) atoms. The van der Waals surface area contributed by atoms with Gasteiger partial charge in [0.2, 0.25) is 0 Å². The van der Waals surface area contributed by atoms with Crippen molar-refractivity contribution in [2.75, 3.05) is 9.80 Å². The number of hydrogen-bond acceptors (Lipinski definition) is 4. The molecule has 1 aliphatic heterocycles. The molecule has 10 aromatic rings. The molecule has 1 aliphatic rings. The summed E-state index contributed by atoms with van der Waals surface area (Å²) in [5.74, 6) is 2.02. The fourth-order valence-electron chi connectivity index (χ4n) is 9.75. The second-order valence-electron chi connectivity index (χ2n) is 21.1. The third-order valence-corrected chi connectivity index (χ3v) is 13.9. The minimum Gasteiger partial charge on any atom is -0.509 e. The molecule has 0 amide bonds. The summed E-state index contributed by atoms with van der Waals surface area (Å²) >= 11 is 0. The Labute approximate surface area is 441 Å². The van der Waals surface area contributed by atoms with Crippen molar-refractivity contribution in [1.82, 2.24) is 9.55 Å². The van der Waals surface area contributed by atoms with Crippen LogP contribution in [0.3, 0.4) is 0 Å². The Hall–Kier alpha value is -7.20. The molecular weight excluding hydrogens is 1060 g/mol. The molecule has 3 heterocycles. The van der Waals surface area contributed by atoms with E-state index < -0.39 is 0 Å². The number of aromatic nitrogens is 2. The largest absolute Gasteiger partial charge is 4.00 e. The molecule has 5 nitrogen and oxygen atoms in total. The fourth-order valence-corrected chi connectivity index (χ4v) is 9.75. The number of nitrogens with zero attached hydrogens (tertiary/aromatic N) is 4. The van der Waals surface area contributed by atoms with Crippen molar-refractivity contribution < 1.29 is 25.8 Å². The number of rotatable bonds is 9. The standard InChI is InChI=1S/C65H57N4O.CH3.Pt/c1-63(2,3)49-28-32-59-61(39-49)68(53-36-47(45-21-14-10-15-22-45)35-51(38-53)65(7,8)48-23-16-11-17-24-48)43-67(59)52-25-18-26-54(41-52)70-55-29-30-56-57-37-46(44-19-12-9-13-20-44)27-31-58(57)69(60(56)42-55)62-40-50(33-34-66-62)64(4,5)6;;/h9-40,43H,1-8H3;1H3;/q-3;-1;+4. The molecule has 0 bridgehead atoms. The van der Waals surface area contributed by atoms with E-state index in [2.05, 4.69) is 258 Å². The van der Waals surface area contributed by atoms with E-state index in [4.69, 9.17) is 9.72 Å². The molecule has 0 spiro atoms. The van der Waals surface area contributed by atoms with Crippen LogP contribution < -0.4 is 14.5 Å². The van der Waals surface area contributed by atoms with Gasteiger partial charge >= 0.3 is 21.1 Å². The van der Waals surface area contributed by atoms with E-state index in [0.717, 1.165) is 55.9 Å². The maximum Gasteiger partial charge on any atom is 4.00 e. The Morgan fingerprint density at radius 1 is 0.472 bits per heavy atom. The minimum absolute atomic E-state index is 0. The summed E-state index contributed by atoms with van der Waals surface area (Å²) in [6, 6.07) is 74.6. The zero-order valence-electron chi connectivity index (χ0n) is 42.6. The summed E-state index contributed by atoms with van der Waals surface area (Å²) in [6.45, 7) is 20.4. The van der Waals surface area contributed by atoms with E-state index in [1.54, 1.807) is 0 Å². The average molecular weight is 1120 g/mol. The van der Waals surface area contributed by atoms with E-state index >= 15 is 0 Å². The molecule has 0 atom stereocenters. The van der Waals surface area contributed by atoms with E-state index in [-0.39, 0.29) is 44.7 Å². The molecule has 0 unspecified atom stereocenters. The minimum atomic E-state index is -0.262. The Bertz CT molecular complexity index is 3550. The van der Waals surface area contributed by atoms with Crippen molar-refractivity contribution in [2.24, 2.45) is 0 Å². The molecular formula is C66H60N4OPt. The van der Waals surface area contributed by atoms with Crippen molar-refractivity contribution in [3.8, 4) is 39.6 Å². The molecule has 0 aliphatic carbocycles. The first-order valence-electron chi connectivity index (χ1n) is 24.3. The van der Waals surface area contributed by atoms with Crippen LogP contribution >= 0.6 is 0 Å². The predicted molar refractivity (Wildman–Crippen MR) is 297 cm³/mol. The van der Waals surface area contributed by atoms with Gasteiger partial charge in [-0.2, -0.15) is 12.1 Å². The number of anilines is 4. The van der Waals surface area contributed by atoms with E-state index in [1.165, 1.54) is 38.9 Å². The van der Waals surface area contributed by atoms with Crippen LogP contribution in [0.25, 0.3) is 49.9 Å². The summed E-state index contributed by atoms with van der Waals surface area (Å²) in [7, 11) is 0. The maximum absolute atomic E-state index is 6.77. The molecule has 0 radical (unpaired) electrons. The molecule has 6 heteroatoms. The Morgan fingerprint density at radius 3 is 1.82 bits per heavy atom. The monoisotopic (exact) mass is 1120 g/mol. The number of ether oxygens (including phenoxy) is 1.